The highest BCUT2D eigenvalue weighted by atomic mass is 35.5. The molecule has 9 nitrogen and oxygen atoms in total. The van der Waals surface area contributed by atoms with Crippen LogP contribution in [-0.4, -0.2) is 39.5 Å². The Morgan fingerprint density at radius 1 is 1.06 bits per heavy atom. The zero-order valence-corrected chi connectivity index (χ0v) is 19.1. The maximum Gasteiger partial charge on any atom is 0.338 e. The summed E-state index contributed by atoms with van der Waals surface area (Å²) in [6.45, 7) is -0.603. The number of aliphatic hydroxyl groups is 1. The number of aromatic nitrogens is 2. The molecule has 0 spiro atoms. The molecule has 4 aromatic rings. The summed E-state index contributed by atoms with van der Waals surface area (Å²) in [5.74, 6) is -2.41. The van der Waals surface area contributed by atoms with Crippen molar-refractivity contribution in [2.75, 3.05) is 11.5 Å². The first kappa shape index (κ1) is 22.8. The number of nitrogens with zero attached hydrogens (tertiary/aromatic N) is 3. The van der Waals surface area contributed by atoms with Crippen molar-refractivity contribution in [3.63, 3.8) is 0 Å². The number of para-hydroxylation sites is 3. The molecule has 0 bridgehead atoms. The standard InChI is InChI=1S/C26H15ClN4O5/c27-18-5-1-4-8-21(18)31-24(33)15-10-9-14(11-16(15)25(31)34)26(35)36-13-22(32)17(12-28)23-29-19-6-2-3-7-20(19)30-23/h1-11,32H,13H2,(H,29,30). The Balaban J connectivity index is 1.36. The molecule has 1 aliphatic heterocycles. The van der Waals surface area contributed by atoms with E-state index in [0.29, 0.717) is 11.0 Å². The molecule has 1 aliphatic rings. The fraction of sp³-hybridized carbons (Fsp3) is 0.0385. The molecule has 0 atom stereocenters. The van der Waals surface area contributed by atoms with E-state index in [0.717, 1.165) is 4.90 Å². The van der Waals surface area contributed by atoms with Crippen LogP contribution in [0.4, 0.5) is 5.69 Å². The van der Waals surface area contributed by atoms with Gasteiger partial charge in [-0.3, -0.25) is 9.59 Å². The van der Waals surface area contributed by atoms with Gasteiger partial charge in [-0.05, 0) is 42.5 Å². The lowest BCUT2D eigenvalue weighted by Crippen LogP contribution is -2.29. The molecule has 2 N–H and O–H groups in total. The van der Waals surface area contributed by atoms with Gasteiger partial charge in [-0.2, -0.15) is 5.26 Å². The normalized spacial score (nSPS) is 13.4. The molecule has 0 saturated carbocycles. The minimum atomic E-state index is -0.859. The number of hydrogen-bond donors (Lipinski definition) is 2. The number of benzene rings is 3. The van der Waals surface area contributed by atoms with E-state index in [2.05, 4.69) is 9.97 Å². The number of H-pyrrole nitrogens is 1. The predicted molar refractivity (Wildman–Crippen MR) is 131 cm³/mol. The van der Waals surface area contributed by atoms with Gasteiger partial charge >= 0.3 is 5.97 Å². The van der Waals surface area contributed by atoms with Crippen molar-refractivity contribution in [1.82, 2.24) is 9.97 Å². The molecule has 176 valence electrons. The van der Waals surface area contributed by atoms with Crippen LogP contribution in [0.1, 0.15) is 36.9 Å². The molecule has 0 aliphatic carbocycles. The van der Waals surface area contributed by atoms with Crippen LogP contribution in [0, 0.1) is 11.3 Å². The minimum absolute atomic E-state index is 0.00838. The Labute approximate surface area is 208 Å². The van der Waals surface area contributed by atoms with E-state index in [1.807, 2.05) is 6.07 Å². The van der Waals surface area contributed by atoms with Crippen molar-refractivity contribution < 1.29 is 24.2 Å². The maximum atomic E-state index is 13.0. The summed E-state index contributed by atoms with van der Waals surface area (Å²) in [5.41, 5.74) is 1.47. The van der Waals surface area contributed by atoms with Crippen LogP contribution in [0.5, 0.6) is 0 Å². The van der Waals surface area contributed by atoms with Crippen molar-refractivity contribution in [3.8, 4) is 6.07 Å². The molecule has 3 aromatic carbocycles. The topological polar surface area (TPSA) is 136 Å². The molecule has 0 radical (unpaired) electrons. The maximum absolute atomic E-state index is 13.0. The first-order valence-electron chi connectivity index (χ1n) is 10.6. The highest BCUT2D eigenvalue weighted by Gasteiger charge is 2.38. The number of imidazole rings is 1. The smallest absolute Gasteiger partial charge is 0.338 e. The molecular weight excluding hydrogens is 484 g/mol. The van der Waals surface area contributed by atoms with Gasteiger partial charge in [0.25, 0.3) is 11.8 Å². The number of halogens is 1. The number of aliphatic hydroxyl groups excluding tert-OH is 1. The number of nitriles is 1. The van der Waals surface area contributed by atoms with Gasteiger partial charge in [0.2, 0.25) is 0 Å². The van der Waals surface area contributed by atoms with Gasteiger partial charge in [-0.1, -0.05) is 35.9 Å². The average molecular weight is 499 g/mol. The molecule has 5 rings (SSSR count). The zero-order valence-electron chi connectivity index (χ0n) is 18.4. The predicted octanol–water partition coefficient (Wildman–Crippen LogP) is 4.67. The molecule has 2 heterocycles. The van der Waals surface area contributed by atoms with Gasteiger partial charge in [-0.15, -0.1) is 0 Å². The van der Waals surface area contributed by atoms with Crippen LogP contribution in [0.25, 0.3) is 16.6 Å². The highest BCUT2D eigenvalue weighted by molar-refractivity contribution is 6.39. The zero-order chi connectivity index (χ0) is 25.4. The molecule has 0 fully saturated rings. The second-order valence-corrected chi connectivity index (χ2v) is 8.18. The van der Waals surface area contributed by atoms with Crippen LogP contribution in [-0.2, 0) is 4.74 Å². The van der Waals surface area contributed by atoms with Crippen molar-refractivity contribution in [2.45, 2.75) is 0 Å². The first-order valence-corrected chi connectivity index (χ1v) is 11.0. The number of carbonyl (C=O) groups excluding carboxylic acids is 3. The van der Waals surface area contributed by atoms with Crippen molar-refractivity contribution in [1.29, 1.82) is 5.26 Å². The van der Waals surface area contributed by atoms with Gasteiger partial charge in [0.05, 0.1) is 38.4 Å². The number of imide groups is 1. The number of rotatable bonds is 5. The van der Waals surface area contributed by atoms with Crippen molar-refractivity contribution >= 4 is 51.7 Å². The Morgan fingerprint density at radius 2 is 1.78 bits per heavy atom. The van der Waals surface area contributed by atoms with Gasteiger partial charge in [0.1, 0.15) is 18.2 Å². The Bertz CT molecular complexity index is 1620. The third-order valence-electron chi connectivity index (χ3n) is 5.58. The molecule has 0 saturated heterocycles. The van der Waals surface area contributed by atoms with E-state index in [1.165, 1.54) is 18.2 Å². The molecule has 2 amide bonds. The van der Waals surface area contributed by atoms with Crippen molar-refractivity contribution in [3.05, 3.63) is 100 Å². The molecular formula is C26H15ClN4O5. The monoisotopic (exact) mass is 498 g/mol. The number of fused-ring (bicyclic) bond motifs is 2. The summed E-state index contributed by atoms with van der Waals surface area (Å²) in [5, 5.41) is 20.1. The second-order valence-electron chi connectivity index (χ2n) is 7.77. The summed E-state index contributed by atoms with van der Waals surface area (Å²) < 4.78 is 5.15. The van der Waals surface area contributed by atoms with E-state index in [9.17, 15) is 24.8 Å². The SMILES string of the molecule is N#CC(=C(O)COC(=O)c1ccc2c(c1)C(=O)N(c1ccccc1Cl)C2=O)c1nc2ccccc2[nH]1. The summed E-state index contributed by atoms with van der Waals surface area (Å²) in [7, 11) is 0. The highest BCUT2D eigenvalue weighted by Crippen LogP contribution is 2.33. The fourth-order valence-corrected chi connectivity index (χ4v) is 4.05. The van der Waals surface area contributed by atoms with E-state index in [-0.39, 0.29) is 38.8 Å². The molecule has 0 unspecified atom stereocenters. The largest absolute Gasteiger partial charge is 0.507 e. The number of anilines is 1. The minimum Gasteiger partial charge on any atom is -0.507 e. The molecule has 1 aromatic heterocycles. The molecule has 10 heteroatoms. The summed E-state index contributed by atoms with van der Waals surface area (Å²) in [6.07, 6.45) is 0. The van der Waals surface area contributed by atoms with Gasteiger partial charge in [0.15, 0.2) is 11.6 Å². The summed E-state index contributed by atoms with van der Waals surface area (Å²) >= 11 is 6.16. The lowest BCUT2D eigenvalue weighted by Gasteiger charge is -2.15. The Morgan fingerprint density at radius 3 is 2.53 bits per heavy atom. The van der Waals surface area contributed by atoms with Crippen LogP contribution in [0.15, 0.2) is 72.5 Å². The van der Waals surface area contributed by atoms with Crippen LogP contribution >= 0.6 is 11.6 Å². The quantitative estimate of drug-likeness (QED) is 0.176. The van der Waals surface area contributed by atoms with E-state index < -0.39 is 30.1 Å². The number of carbonyl (C=O) groups is 3. The number of allylic oxidation sites excluding steroid dienone is 1. The van der Waals surface area contributed by atoms with Crippen LogP contribution in [0.3, 0.4) is 0 Å². The van der Waals surface area contributed by atoms with Gasteiger partial charge in [0, 0.05) is 0 Å². The van der Waals surface area contributed by atoms with E-state index in [1.54, 1.807) is 48.5 Å². The fourth-order valence-electron chi connectivity index (χ4n) is 3.83. The van der Waals surface area contributed by atoms with Gasteiger partial charge in [-0.25, -0.2) is 14.7 Å². The lowest BCUT2D eigenvalue weighted by molar-refractivity contribution is 0.0502. The van der Waals surface area contributed by atoms with E-state index >= 15 is 0 Å². The number of aromatic amines is 1. The third-order valence-corrected chi connectivity index (χ3v) is 5.90. The summed E-state index contributed by atoms with van der Waals surface area (Å²) in [6, 6.07) is 19.3. The van der Waals surface area contributed by atoms with Crippen molar-refractivity contribution in [2.24, 2.45) is 0 Å². The number of hydrogen-bond acceptors (Lipinski definition) is 7. The lowest BCUT2D eigenvalue weighted by atomic mass is 10.1. The van der Waals surface area contributed by atoms with Gasteiger partial charge < -0.3 is 14.8 Å². The number of amides is 2. The first-order chi connectivity index (χ1) is 17.4. The third kappa shape index (κ3) is 3.85. The number of nitrogens with one attached hydrogen (secondary N) is 1. The second kappa shape index (κ2) is 9.02. The average Bonchev–Trinajstić information content (AvgIpc) is 3.42. The number of esters is 1. The van der Waals surface area contributed by atoms with Crippen LogP contribution in [0.2, 0.25) is 5.02 Å². The number of ether oxygens (including phenoxy) is 1. The summed E-state index contributed by atoms with van der Waals surface area (Å²) in [4.78, 5) is 46.6. The Kier molecular flexibility index (Phi) is 5.72. The molecule has 36 heavy (non-hydrogen) atoms. The van der Waals surface area contributed by atoms with Crippen LogP contribution < -0.4 is 4.90 Å². The van der Waals surface area contributed by atoms with E-state index in [4.69, 9.17) is 16.3 Å². The Hall–Kier alpha value is -4.94.